The topological polar surface area (TPSA) is 92.2 Å². The number of aromatic nitrogens is 3. The third kappa shape index (κ3) is 5.58. The van der Waals surface area contributed by atoms with Crippen molar-refractivity contribution in [3.8, 4) is 5.69 Å². The Morgan fingerprint density at radius 1 is 1.06 bits per heavy atom. The summed E-state index contributed by atoms with van der Waals surface area (Å²) >= 11 is 1.48. The number of hydrogen-bond donors (Lipinski definition) is 2. The number of nitrogens with zero attached hydrogens (tertiary/aromatic N) is 4. The summed E-state index contributed by atoms with van der Waals surface area (Å²) in [5.74, 6) is 1.10. The van der Waals surface area contributed by atoms with Gasteiger partial charge in [0.25, 0.3) is 0 Å². The molecule has 0 spiro atoms. The highest BCUT2D eigenvalue weighted by Gasteiger charge is 2.23. The maximum atomic E-state index is 12.2. The van der Waals surface area contributed by atoms with Crippen LogP contribution in [-0.4, -0.2) is 51.6 Å². The van der Waals surface area contributed by atoms with Crippen molar-refractivity contribution < 1.29 is 9.59 Å². The van der Waals surface area contributed by atoms with E-state index in [4.69, 9.17) is 0 Å². The molecule has 1 aromatic carbocycles. The Morgan fingerprint density at radius 2 is 1.77 bits per heavy atom. The van der Waals surface area contributed by atoms with Crippen LogP contribution in [0, 0.1) is 6.92 Å². The third-order valence-electron chi connectivity index (χ3n) is 5.80. The van der Waals surface area contributed by atoms with Gasteiger partial charge in [-0.1, -0.05) is 42.3 Å². The van der Waals surface area contributed by atoms with Gasteiger partial charge in [0, 0.05) is 31.3 Å². The van der Waals surface area contributed by atoms with E-state index in [0.717, 1.165) is 68.4 Å². The Bertz CT molecular complexity index is 901. The second-order valence-electron chi connectivity index (χ2n) is 8.25. The van der Waals surface area contributed by atoms with Crippen molar-refractivity contribution in [3.63, 3.8) is 0 Å². The molecule has 0 bridgehead atoms. The zero-order valence-electron chi connectivity index (χ0n) is 18.0. The van der Waals surface area contributed by atoms with Crippen LogP contribution in [0.4, 0.5) is 10.7 Å². The number of imide groups is 1. The summed E-state index contributed by atoms with van der Waals surface area (Å²) in [6, 6.07) is 8.10. The molecule has 1 saturated heterocycles. The molecule has 2 fully saturated rings. The largest absolute Gasteiger partial charge is 0.341 e. The summed E-state index contributed by atoms with van der Waals surface area (Å²) in [4.78, 5) is 26.4. The van der Waals surface area contributed by atoms with E-state index in [2.05, 4.69) is 61.5 Å². The Kier molecular flexibility index (Phi) is 7.11. The lowest BCUT2D eigenvalue weighted by atomic mass is 10.2. The van der Waals surface area contributed by atoms with E-state index in [9.17, 15) is 9.59 Å². The van der Waals surface area contributed by atoms with E-state index in [1.54, 1.807) is 0 Å². The lowest BCUT2D eigenvalue weighted by Crippen LogP contribution is -2.43. The maximum Gasteiger partial charge on any atom is 0.321 e. The molecule has 1 aliphatic heterocycles. The van der Waals surface area contributed by atoms with Gasteiger partial charge in [-0.15, -0.1) is 10.2 Å². The predicted octanol–water partition coefficient (Wildman–Crippen LogP) is 3.43. The zero-order valence-corrected chi connectivity index (χ0v) is 18.8. The summed E-state index contributed by atoms with van der Waals surface area (Å²) in [6.45, 7) is 4.02. The van der Waals surface area contributed by atoms with Crippen LogP contribution in [0.25, 0.3) is 5.69 Å². The van der Waals surface area contributed by atoms with Crippen LogP contribution >= 0.6 is 11.8 Å². The van der Waals surface area contributed by atoms with Crippen LogP contribution in [0.15, 0.2) is 29.4 Å². The lowest BCUT2D eigenvalue weighted by Gasteiger charge is -2.18. The molecular formula is C22H30N6O2S. The first-order valence-corrected chi connectivity index (χ1v) is 12.1. The van der Waals surface area contributed by atoms with Gasteiger partial charge in [0.15, 0.2) is 5.16 Å². The molecule has 1 saturated carbocycles. The molecule has 4 rings (SSSR count). The van der Waals surface area contributed by atoms with Crippen molar-refractivity contribution in [2.24, 2.45) is 0 Å². The van der Waals surface area contributed by atoms with Gasteiger partial charge in [0.1, 0.15) is 0 Å². The standard InChI is InChI=1S/C22H30N6O2S/c1-16-8-10-18(11-9-16)28-21(27-13-4-5-14-27)25-26-22(28)31-15-12-19(29)24-20(30)23-17-6-2-3-7-17/h8-11,17H,2-7,12-15H2,1H3,(H2,23,24,29,30). The highest BCUT2D eigenvalue weighted by molar-refractivity contribution is 7.99. The van der Waals surface area contributed by atoms with Gasteiger partial charge in [-0.05, 0) is 44.7 Å². The Balaban J connectivity index is 1.37. The molecular weight excluding hydrogens is 412 g/mol. The summed E-state index contributed by atoms with van der Waals surface area (Å²) in [6.07, 6.45) is 6.81. The smallest absolute Gasteiger partial charge is 0.321 e. The SMILES string of the molecule is Cc1ccc(-n2c(SCCC(=O)NC(=O)NC3CCCC3)nnc2N2CCCC2)cc1. The number of carbonyl (C=O) groups is 2. The number of benzene rings is 1. The van der Waals surface area contributed by atoms with Gasteiger partial charge in [0.2, 0.25) is 11.9 Å². The zero-order chi connectivity index (χ0) is 21.6. The molecule has 2 heterocycles. The molecule has 31 heavy (non-hydrogen) atoms. The first-order chi connectivity index (χ1) is 15.1. The highest BCUT2D eigenvalue weighted by atomic mass is 32.2. The maximum absolute atomic E-state index is 12.2. The molecule has 9 heteroatoms. The van der Waals surface area contributed by atoms with Crippen LogP contribution in [0.2, 0.25) is 0 Å². The number of hydrogen-bond acceptors (Lipinski definition) is 6. The third-order valence-corrected chi connectivity index (χ3v) is 6.73. The summed E-state index contributed by atoms with van der Waals surface area (Å²) in [5, 5.41) is 14.9. The highest BCUT2D eigenvalue weighted by Crippen LogP contribution is 2.29. The van der Waals surface area contributed by atoms with Gasteiger partial charge in [-0.2, -0.15) is 0 Å². The van der Waals surface area contributed by atoms with Crippen molar-refractivity contribution in [2.45, 2.75) is 63.1 Å². The number of anilines is 1. The fourth-order valence-electron chi connectivity index (χ4n) is 4.11. The molecule has 1 aliphatic carbocycles. The second-order valence-corrected chi connectivity index (χ2v) is 9.31. The van der Waals surface area contributed by atoms with Crippen molar-refractivity contribution in [2.75, 3.05) is 23.7 Å². The van der Waals surface area contributed by atoms with E-state index < -0.39 is 0 Å². The van der Waals surface area contributed by atoms with Crippen molar-refractivity contribution in [3.05, 3.63) is 29.8 Å². The van der Waals surface area contributed by atoms with E-state index in [1.165, 1.54) is 17.3 Å². The Labute approximate surface area is 187 Å². The summed E-state index contributed by atoms with van der Waals surface area (Å²) in [5.41, 5.74) is 2.21. The first kappa shape index (κ1) is 21.7. The molecule has 3 amide bonds. The van der Waals surface area contributed by atoms with Gasteiger partial charge < -0.3 is 10.2 Å². The van der Waals surface area contributed by atoms with Crippen molar-refractivity contribution in [1.82, 2.24) is 25.4 Å². The van der Waals surface area contributed by atoms with Gasteiger partial charge in [-0.3, -0.25) is 14.7 Å². The average Bonchev–Trinajstić information content (AvgIpc) is 3.50. The predicted molar refractivity (Wildman–Crippen MR) is 122 cm³/mol. The van der Waals surface area contributed by atoms with Crippen LogP contribution in [0.1, 0.15) is 50.5 Å². The van der Waals surface area contributed by atoms with E-state index in [1.807, 2.05) is 0 Å². The second kappa shape index (κ2) is 10.2. The molecule has 8 nitrogen and oxygen atoms in total. The molecule has 166 valence electrons. The molecule has 0 atom stereocenters. The minimum atomic E-state index is -0.388. The van der Waals surface area contributed by atoms with Crippen LogP contribution < -0.4 is 15.5 Å². The molecule has 2 N–H and O–H groups in total. The fraction of sp³-hybridized carbons (Fsp3) is 0.545. The van der Waals surface area contributed by atoms with Crippen LogP contribution in [-0.2, 0) is 4.79 Å². The van der Waals surface area contributed by atoms with Crippen molar-refractivity contribution >= 4 is 29.6 Å². The minimum absolute atomic E-state index is 0.194. The van der Waals surface area contributed by atoms with Crippen LogP contribution in [0.5, 0.6) is 0 Å². The molecule has 0 radical (unpaired) electrons. The minimum Gasteiger partial charge on any atom is -0.341 e. The molecule has 1 aromatic heterocycles. The number of aryl methyl sites for hydroxylation is 1. The number of carbonyl (C=O) groups excluding carboxylic acids is 2. The van der Waals surface area contributed by atoms with Crippen LogP contribution in [0.3, 0.4) is 0 Å². The summed E-state index contributed by atoms with van der Waals surface area (Å²) < 4.78 is 2.07. The van der Waals surface area contributed by atoms with E-state index in [-0.39, 0.29) is 24.4 Å². The van der Waals surface area contributed by atoms with E-state index in [0.29, 0.717) is 5.75 Å². The number of amides is 3. The van der Waals surface area contributed by atoms with E-state index >= 15 is 0 Å². The fourth-order valence-corrected chi connectivity index (χ4v) is 5.00. The Hall–Kier alpha value is -2.55. The molecule has 2 aromatic rings. The number of urea groups is 1. The van der Waals surface area contributed by atoms with Gasteiger partial charge in [-0.25, -0.2) is 4.79 Å². The first-order valence-electron chi connectivity index (χ1n) is 11.1. The summed E-state index contributed by atoms with van der Waals surface area (Å²) in [7, 11) is 0. The quantitative estimate of drug-likeness (QED) is 0.639. The van der Waals surface area contributed by atoms with Crippen molar-refractivity contribution in [1.29, 1.82) is 0 Å². The number of rotatable bonds is 7. The normalized spacial score (nSPS) is 16.6. The lowest BCUT2D eigenvalue weighted by molar-refractivity contribution is -0.119. The molecule has 0 unspecified atom stereocenters. The monoisotopic (exact) mass is 442 g/mol. The average molecular weight is 443 g/mol. The number of nitrogens with one attached hydrogen (secondary N) is 2. The molecule has 2 aliphatic rings. The Morgan fingerprint density at radius 3 is 2.48 bits per heavy atom. The van der Waals surface area contributed by atoms with Gasteiger partial charge >= 0.3 is 6.03 Å². The number of thioether (sulfide) groups is 1. The van der Waals surface area contributed by atoms with Gasteiger partial charge in [0.05, 0.1) is 5.69 Å².